The van der Waals surface area contributed by atoms with Gasteiger partial charge >= 0.3 is 5.97 Å². The second-order valence-corrected chi connectivity index (χ2v) is 8.47. The molecule has 0 bridgehead atoms. The molecule has 1 aliphatic carbocycles. The van der Waals surface area contributed by atoms with Crippen LogP contribution in [0.2, 0.25) is 0 Å². The smallest absolute Gasteiger partial charge is 0.379 e. The van der Waals surface area contributed by atoms with E-state index in [2.05, 4.69) is 15.8 Å². The number of ether oxygens (including phenoxy) is 1. The van der Waals surface area contributed by atoms with Crippen molar-refractivity contribution >= 4 is 45.5 Å². The molecule has 0 spiro atoms. The fourth-order valence-electron chi connectivity index (χ4n) is 4.20. The van der Waals surface area contributed by atoms with Crippen LogP contribution in [0.15, 0.2) is 82.3 Å². The summed E-state index contributed by atoms with van der Waals surface area (Å²) in [6.45, 7) is 1.86. The summed E-state index contributed by atoms with van der Waals surface area (Å²) in [6.07, 6.45) is 2.37. The van der Waals surface area contributed by atoms with Gasteiger partial charge in [-0.15, -0.1) is 0 Å². The minimum Gasteiger partial charge on any atom is -0.453 e. The van der Waals surface area contributed by atoms with Crippen molar-refractivity contribution < 1.29 is 13.9 Å². The number of anilines is 1. The maximum atomic E-state index is 13.1. The first-order chi connectivity index (χ1) is 16.6. The van der Waals surface area contributed by atoms with E-state index in [-0.39, 0.29) is 5.76 Å². The summed E-state index contributed by atoms with van der Waals surface area (Å²) in [5, 5.41) is 9.90. The van der Waals surface area contributed by atoms with Crippen molar-refractivity contribution in [3.63, 3.8) is 0 Å². The highest BCUT2D eigenvalue weighted by Crippen LogP contribution is 2.32. The fraction of sp³-hybridized carbons (Fsp3) is 0.148. The van der Waals surface area contributed by atoms with Gasteiger partial charge in [-0.2, -0.15) is 5.10 Å². The van der Waals surface area contributed by atoms with Crippen molar-refractivity contribution in [1.82, 2.24) is 5.43 Å². The Bertz CT molecular complexity index is 1400. The van der Waals surface area contributed by atoms with Crippen LogP contribution >= 0.6 is 12.2 Å². The van der Waals surface area contributed by atoms with Gasteiger partial charge in [0, 0.05) is 28.6 Å². The summed E-state index contributed by atoms with van der Waals surface area (Å²) in [6, 6.07) is 23.1. The molecule has 0 amide bonds. The van der Waals surface area contributed by atoms with Crippen molar-refractivity contribution in [3.05, 3.63) is 95.4 Å². The number of hydrazone groups is 1. The minimum atomic E-state index is -0.517. The maximum absolute atomic E-state index is 13.1. The molecule has 2 N–H and O–H groups in total. The van der Waals surface area contributed by atoms with Crippen LogP contribution in [-0.2, 0) is 6.42 Å². The van der Waals surface area contributed by atoms with Crippen LogP contribution < -0.4 is 15.5 Å². The van der Waals surface area contributed by atoms with E-state index in [0.717, 1.165) is 58.3 Å². The topological polar surface area (TPSA) is 75.9 Å². The molecule has 0 atom stereocenters. The van der Waals surface area contributed by atoms with E-state index in [1.54, 1.807) is 6.07 Å². The Morgan fingerprint density at radius 1 is 1.00 bits per heavy atom. The standard InChI is InChI=1S/C27H23N3O3S/c1-17-24-21(29-30-27(34)28-19-11-3-2-4-12-19)14-8-16-23(24)32-25(17)26(31)33-22-15-7-10-18-9-5-6-13-20(18)22/h2-7,9-13,15H,8,14,16H2,1H3,(H2,28,30,34)/b29-21+. The quantitative estimate of drug-likeness (QED) is 0.166. The van der Waals surface area contributed by atoms with Gasteiger partial charge in [0.05, 0.1) is 5.71 Å². The summed E-state index contributed by atoms with van der Waals surface area (Å²) in [7, 11) is 0. The number of hydrogen-bond acceptors (Lipinski definition) is 5. The van der Waals surface area contributed by atoms with Gasteiger partial charge in [-0.05, 0) is 55.6 Å². The number of thiocarbonyl (C=S) groups is 1. The Morgan fingerprint density at radius 2 is 1.76 bits per heavy atom. The fourth-order valence-corrected chi connectivity index (χ4v) is 4.37. The number of carbonyl (C=O) groups excluding carboxylic acids is 1. The molecule has 0 unspecified atom stereocenters. The molecular formula is C27H23N3O3S. The zero-order valence-corrected chi connectivity index (χ0v) is 19.4. The number of furan rings is 1. The van der Waals surface area contributed by atoms with E-state index in [0.29, 0.717) is 10.9 Å². The van der Waals surface area contributed by atoms with Crippen molar-refractivity contribution in [1.29, 1.82) is 0 Å². The van der Waals surface area contributed by atoms with Crippen LogP contribution in [-0.4, -0.2) is 16.8 Å². The Morgan fingerprint density at radius 3 is 2.62 bits per heavy atom. The van der Waals surface area contributed by atoms with E-state index in [1.165, 1.54) is 0 Å². The summed E-state index contributed by atoms with van der Waals surface area (Å²) < 4.78 is 11.7. The highest BCUT2D eigenvalue weighted by Gasteiger charge is 2.29. The first kappa shape index (κ1) is 21.9. The highest BCUT2D eigenvalue weighted by atomic mass is 32.1. The molecule has 6 nitrogen and oxygen atoms in total. The van der Waals surface area contributed by atoms with Gasteiger partial charge in [-0.25, -0.2) is 4.79 Å². The number of fused-ring (bicyclic) bond motifs is 2. The molecule has 3 aromatic carbocycles. The van der Waals surface area contributed by atoms with E-state index in [4.69, 9.17) is 21.4 Å². The lowest BCUT2D eigenvalue weighted by atomic mass is 9.93. The zero-order chi connectivity index (χ0) is 23.5. The van der Waals surface area contributed by atoms with Gasteiger partial charge in [0.15, 0.2) is 5.11 Å². The molecule has 4 aromatic rings. The lowest BCUT2D eigenvalue weighted by Gasteiger charge is -2.14. The van der Waals surface area contributed by atoms with E-state index >= 15 is 0 Å². The molecule has 0 aliphatic heterocycles. The van der Waals surface area contributed by atoms with Crippen LogP contribution in [0.25, 0.3) is 10.8 Å². The molecule has 0 fully saturated rings. The number of rotatable bonds is 4. The molecule has 7 heteroatoms. The number of carbonyl (C=O) groups is 1. The van der Waals surface area contributed by atoms with Crippen molar-refractivity contribution in [2.45, 2.75) is 26.2 Å². The highest BCUT2D eigenvalue weighted by molar-refractivity contribution is 7.80. The van der Waals surface area contributed by atoms with Gasteiger partial charge in [-0.1, -0.05) is 54.6 Å². The summed E-state index contributed by atoms with van der Waals surface area (Å²) >= 11 is 5.37. The minimum absolute atomic E-state index is 0.206. The van der Waals surface area contributed by atoms with Gasteiger partial charge in [0.2, 0.25) is 5.76 Å². The number of esters is 1. The molecule has 34 heavy (non-hydrogen) atoms. The number of hydrogen-bond donors (Lipinski definition) is 2. The average Bonchev–Trinajstić information content (AvgIpc) is 3.21. The Labute approximate surface area is 202 Å². The molecule has 5 rings (SSSR count). The average molecular weight is 470 g/mol. The summed E-state index contributed by atoms with van der Waals surface area (Å²) in [5.41, 5.74) is 6.18. The molecule has 0 saturated carbocycles. The number of aryl methyl sites for hydroxylation is 1. The predicted octanol–water partition coefficient (Wildman–Crippen LogP) is 5.99. The molecule has 1 aromatic heterocycles. The van der Waals surface area contributed by atoms with Gasteiger partial charge in [0.1, 0.15) is 11.5 Å². The van der Waals surface area contributed by atoms with Crippen molar-refractivity contribution in [3.8, 4) is 5.75 Å². The molecule has 1 heterocycles. The Balaban J connectivity index is 1.37. The van der Waals surface area contributed by atoms with Gasteiger partial charge in [0.25, 0.3) is 0 Å². The number of benzene rings is 3. The molecule has 1 aliphatic rings. The summed E-state index contributed by atoms with van der Waals surface area (Å²) in [4.78, 5) is 13.1. The molecule has 0 radical (unpaired) electrons. The lowest BCUT2D eigenvalue weighted by Crippen LogP contribution is -2.26. The van der Waals surface area contributed by atoms with E-state index in [1.807, 2.05) is 73.7 Å². The maximum Gasteiger partial charge on any atom is 0.379 e. The van der Waals surface area contributed by atoms with Gasteiger partial charge in [-0.3, -0.25) is 5.43 Å². The van der Waals surface area contributed by atoms with Crippen LogP contribution in [0.4, 0.5) is 5.69 Å². The number of para-hydroxylation sites is 1. The van der Waals surface area contributed by atoms with Crippen molar-refractivity contribution in [2.24, 2.45) is 5.10 Å². The number of nitrogens with zero attached hydrogens (tertiary/aromatic N) is 1. The van der Waals surface area contributed by atoms with Crippen LogP contribution in [0.5, 0.6) is 5.75 Å². The lowest BCUT2D eigenvalue weighted by molar-refractivity contribution is 0.0700. The van der Waals surface area contributed by atoms with E-state index in [9.17, 15) is 4.79 Å². The van der Waals surface area contributed by atoms with Crippen LogP contribution in [0.1, 0.15) is 40.3 Å². The SMILES string of the molecule is Cc1c(C(=O)Oc2cccc3ccccc23)oc2c1/C(=N/NC(=S)Nc1ccccc1)CCC2. The predicted molar refractivity (Wildman–Crippen MR) is 138 cm³/mol. The Hall–Kier alpha value is -3.97. The molecule has 0 saturated heterocycles. The molecule has 170 valence electrons. The number of nitrogens with one attached hydrogen (secondary N) is 2. The first-order valence-electron chi connectivity index (χ1n) is 11.1. The second kappa shape index (κ2) is 9.49. The first-order valence-corrected chi connectivity index (χ1v) is 11.5. The Kier molecular flexibility index (Phi) is 6.10. The summed E-state index contributed by atoms with van der Waals surface area (Å²) in [5.74, 6) is 0.940. The monoisotopic (exact) mass is 469 g/mol. The third-order valence-corrected chi connectivity index (χ3v) is 5.98. The van der Waals surface area contributed by atoms with Crippen molar-refractivity contribution in [2.75, 3.05) is 5.32 Å². The third-order valence-electron chi connectivity index (χ3n) is 5.79. The molecular weight excluding hydrogens is 446 g/mol. The largest absolute Gasteiger partial charge is 0.453 e. The van der Waals surface area contributed by atoms with Gasteiger partial charge < -0.3 is 14.5 Å². The zero-order valence-electron chi connectivity index (χ0n) is 18.6. The van der Waals surface area contributed by atoms with Crippen LogP contribution in [0, 0.1) is 6.92 Å². The normalized spacial score (nSPS) is 14.0. The third kappa shape index (κ3) is 4.43. The van der Waals surface area contributed by atoms with Crippen LogP contribution in [0.3, 0.4) is 0 Å². The second-order valence-electron chi connectivity index (χ2n) is 8.07. The van der Waals surface area contributed by atoms with E-state index < -0.39 is 5.97 Å².